The molecule has 106 valence electrons. The second-order valence-corrected chi connectivity index (χ2v) is 7.12. The van der Waals surface area contributed by atoms with E-state index in [1.807, 2.05) is 19.1 Å². The summed E-state index contributed by atoms with van der Waals surface area (Å²) in [6.07, 6.45) is 1.88. The molecule has 1 saturated heterocycles. The monoisotopic (exact) mass is 283 g/mol. The summed E-state index contributed by atoms with van der Waals surface area (Å²) in [5.74, 6) is 0.401. The minimum absolute atomic E-state index is 0.401. The van der Waals surface area contributed by atoms with Gasteiger partial charge in [-0.15, -0.1) is 0 Å². The molecule has 1 fully saturated rings. The smallest absolute Gasteiger partial charge is 0.243 e. The molecule has 5 heteroatoms. The highest BCUT2D eigenvalue weighted by molar-refractivity contribution is 7.89. The number of hydrogen-bond donors (Lipinski definition) is 0. The van der Waals surface area contributed by atoms with Crippen molar-refractivity contribution >= 4 is 10.0 Å². The lowest BCUT2D eigenvalue weighted by atomic mass is 10.0. The van der Waals surface area contributed by atoms with Crippen LogP contribution in [0.2, 0.25) is 0 Å². The van der Waals surface area contributed by atoms with Crippen molar-refractivity contribution in [3.63, 3.8) is 0 Å². The molecule has 0 N–H and O–H groups in total. The fourth-order valence-electron chi connectivity index (χ4n) is 2.40. The maximum Gasteiger partial charge on any atom is 0.243 e. The van der Waals surface area contributed by atoms with Gasteiger partial charge in [0.25, 0.3) is 0 Å². The van der Waals surface area contributed by atoms with Crippen molar-refractivity contribution in [2.24, 2.45) is 5.92 Å². The average molecular weight is 283 g/mol. The van der Waals surface area contributed by atoms with Crippen LogP contribution in [0.25, 0.3) is 0 Å². The van der Waals surface area contributed by atoms with E-state index in [0.717, 1.165) is 31.6 Å². The van der Waals surface area contributed by atoms with Crippen LogP contribution >= 0.6 is 0 Å². The Kier molecular flexibility index (Phi) is 4.60. The fraction of sp³-hybridized carbons (Fsp3) is 0.571. The highest BCUT2D eigenvalue weighted by Crippen LogP contribution is 2.22. The summed E-state index contributed by atoms with van der Waals surface area (Å²) in [6.45, 7) is 3.88. The topological polar surface area (TPSA) is 46.6 Å². The first-order valence-corrected chi connectivity index (χ1v) is 8.05. The first-order valence-electron chi connectivity index (χ1n) is 6.61. The molecular formula is C14H21NO3S. The van der Waals surface area contributed by atoms with E-state index >= 15 is 0 Å². The Morgan fingerprint density at radius 2 is 1.89 bits per heavy atom. The molecule has 19 heavy (non-hydrogen) atoms. The number of nitrogens with zero attached hydrogens (tertiary/aromatic N) is 1. The molecule has 1 aliphatic heterocycles. The van der Waals surface area contributed by atoms with Crippen LogP contribution in [0.1, 0.15) is 18.4 Å². The van der Waals surface area contributed by atoms with Crippen molar-refractivity contribution in [3.8, 4) is 0 Å². The lowest BCUT2D eigenvalue weighted by molar-refractivity contribution is 0.0620. The predicted molar refractivity (Wildman–Crippen MR) is 74.5 cm³/mol. The van der Waals surface area contributed by atoms with Crippen molar-refractivity contribution < 1.29 is 13.2 Å². The molecule has 0 radical (unpaired) electrons. The number of sulfonamides is 1. The zero-order valence-electron chi connectivity index (χ0n) is 11.5. The summed E-state index contributed by atoms with van der Waals surface area (Å²) in [6, 6.07) is 7.12. The molecule has 0 atom stereocenters. The van der Waals surface area contributed by atoms with Crippen LogP contribution in [0.3, 0.4) is 0 Å². The average Bonchev–Trinajstić information content (AvgIpc) is 2.40. The van der Waals surface area contributed by atoms with Gasteiger partial charge < -0.3 is 4.74 Å². The summed E-state index contributed by atoms with van der Waals surface area (Å²) in [5.41, 5.74) is 0.793. The third kappa shape index (κ3) is 3.35. The highest BCUT2D eigenvalue weighted by atomic mass is 32.2. The second-order valence-electron chi connectivity index (χ2n) is 5.11. The lowest BCUT2D eigenvalue weighted by Crippen LogP contribution is -2.34. The first kappa shape index (κ1) is 14.5. The quantitative estimate of drug-likeness (QED) is 0.849. The van der Waals surface area contributed by atoms with Crippen LogP contribution in [0.15, 0.2) is 29.2 Å². The first-order chi connectivity index (χ1) is 9.01. The van der Waals surface area contributed by atoms with E-state index in [1.54, 1.807) is 19.2 Å². The summed E-state index contributed by atoms with van der Waals surface area (Å²) < 4.78 is 31.8. The largest absolute Gasteiger partial charge is 0.381 e. The van der Waals surface area contributed by atoms with Gasteiger partial charge in [-0.05, 0) is 37.3 Å². The third-order valence-electron chi connectivity index (χ3n) is 3.64. The molecule has 1 aromatic carbocycles. The Hall–Kier alpha value is -0.910. The summed E-state index contributed by atoms with van der Waals surface area (Å²) in [7, 11) is -1.71. The van der Waals surface area contributed by atoms with Gasteiger partial charge in [0.1, 0.15) is 0 Å². The molecule has 0 aromatic heterocycles. The molecule has 1 aliphatic rings. The van der Waals surface area contributed by atoms with E-state index in [-0.39, 0.29) is 0 Å². The molecule has 0 unspecified atom stereocenters. The van der Waals surface area contributed by atoms with E-state index in [0.29, 0.717) is 17.4 Å². The van der Waals surface area contributed by atoms with Gasteiger partial charge in [-0.2, -0.15) is 0 Å². The molecule has 1 aromatic rings. The molecule has 1 heterocycles. The minimum Gasteiger partial charge on any atom is -0.381 e. The number of hydrogen-bond acceptors (Lipinski definition) is 3. The van der Waals surface area contributed by atoms with Crippen molar-refractivity contribution in [3.05, 3.63) is 29.8 Å². The van der Waals surface area contributed by atoms with Gasteiger partial charge in [-0.25, -0.2) is 12.7 Å². The third-order valence-corrected chi connectivity index (χ3v) is 5.62. The van der Waals surface area contributed by atoms with Gasteiger partial charge in [-0.1, -0.05) is 18.2 Å². The molecular weight excluding hydrogens is 262 g/mol. The lowest BCUT2D eigenvalue weighted by Gasteiger charge is -2.27. The minimum atomic E-state index is -3.38. The molecule has 0 spiro atoms. The van der Waals surface area contributed by atoms with E-state index in [9.17, 15) is 8.42 Å². The SMILES string of the molecule is Cc1ccccc1S(=O)(=O)N(C)CC1CCOCC1. The van der Waals surface area contributed by atoms with Crippen molar-refractivity contribution in [2.75, 3.05) is 26.8 Å². The molecule has 0 aliphatic carbocycles. The van der Waals surface area contributed by atoms with Gasteiger partial charge in [0.05, 0.1) is 4.90 Å². The van der Waals surface area contributed by atoms with Crippen LogP contribution in [-0.4, -0.2) is 39.5 Å². The Labute approximate surface area is 115 Å². The van der Waals surface area contributed by atoms with E-state index in [1.165, 1.54) is 4.31 Å². The zero-order chi connectivity index (χ0) is 13.9. The highest BCUT2D eigenvalue weighted by Gasteiger charge is 2.25. The molecule has 0 saturated carbocycles. The number of benzene rings is 1. The second kappa shape index (κ2) is 6.03. The summed E-state index contributed by atoms with van der Waals surface area (Å²) in [5, 5.41) is 0. The van der Waals surface area contributed by atoms with Crippen LogP contribution in [0, 0.1) is 12.8 Å². The van der Waals surface area contributed by atoms with Crippen molar-refractivity contribution in [1.29, 1.82) is 0 Å². The summed E-state index contributed by atoms with van der Waals surface area (Å²) in [4.78, 5) is 0.407. The van der Waals surface area contributed by atoms with Gasteiger partial charge >= 0.3 is 0 Å². The molecule has 0 bridgehead atoms. The Balaban J connectivity index is 2.13. The standard InChI is InChI=1S/C14H21NO3S/c1-12-5-3-4-6-14(12)19(16,17)15(2)11-13-7-9-18-10-8-13/h3-6,13H,7-11H2,1-2H3. The van der Waals surface area contributed by atoms with Crippen molar-refractivity contribution in [2.45, 2.75) is 24.7 Å². The normalized spacial score (nSPS) is 17.8. The number of rotatable bonds is 4. The number of aryl methyl sites for hydroxylation is 1. The number of ether oxygens (including phenoxy) is 1. The molecule has 2 rings (SSSR count). The van der Waals surface area contributed by atoms with Gasteiger partial charge in [0.2, 0.25) is 10.0 Å². The van der Waals surface area contributed by atoms with Crippen LogP contribution in [-0.2, 0) is 14.8 Å². The molecule has 0 amide bonds. The predicted octanol–water partition coefficient (Wildman–Crippen LogP) is 2.04. The van der Waals surface area contributed by atoms with Gasteiger partial charge in [-0.3, -0.25) is 0 Å². The van der Waals surface area contributed by atoms with Crippen LogP contribution < -0.4 is 0 Å². The van der Waals surface area contributed by atoms with Gasteiger partial charge in [0, 0.05) is 26.8 Å². The van der Waals surface area contributed by atoms with E-state index < -0.39 is 10.0 Å². The van der Waals surface area contributed by atoms with E-state index in [2.05, 4.69) is 0 Å². The Morgan fingerprint density at radius 3 is 2.53 bits per heavy atom. The Bertz CT molecular complexity index is 521. The zero-order valence-corrected chi connectivity index (χ0v) is 12.3. The van der Waals surface area contributed by atoms with Crippen LogP contribution in [0.4, 0.5) is 0 Å². The maximum atomic E-state index is 12.5. The summed E-state index contributed by atoms with van der Waals surface area (Å²) >= 11 is 0. The maximum absolute atomic E-state index is 12.5. The Morgan fingerprint density at radius 1 is 1.26 bits per heavy atom. The van der Waals surface area contributed by atoms with Crippen molar-refractivity contribution in [1.82, 2.24) is 4.31 Å². The van der Waals surface area contributed by atoms with E-state index in [4.69, 9.17) is 4.74 Å². The molecule has 4 nitrogen and oxygen atoms in total. The fourth-order valence-corrected chi connectivity index (χ4v) is 3.87. The van der Waals surface area contributed by atoms with Gasteiger partial charge in [0.15, 0.2) is 0 Å². The van der Waals surface area contributed by atoms with Crippen LogP contribution in [0.5, 0.6) is 0 Å².